The Bertz CT molecular complexity index is 393. The second-order valence-corrected chi connectivity index (χ2v) is 5.91. The number of hydrogen-bond acceptors (Lipinski definition) is 3. The number of anilines is 1. The predicted octanol–water partition coefficient (Wildman–Crippen LogP) is 3.10. The van der Waals surface area contributed by atoms with Crippen molar-refractivity contribution in [1.29, 1.82) is 0 Å². The number of nitrogens with zero attached hydrogens (tertiary/aromatic N) is 2. The topological polar surface area (TPSA) is 28.2 Å². The lowest BCUT2D eigenvalue weighted by molar-refractivity contribution is 0.554. The fourth-order valence-electron chi connectivity index (χ4n) is 2.88. The maximum absolute atomic E-state index is 4.35. The van der Waals surface area contributed by atoms with Gasteiger partial charge in [-0.2, -0.15) is 0 Å². The minimum Gasteiger partial charge on any atom is -0.370 e. The van der Waals surface area contributed by atoms with Crippen LogP contribution in [0.3, 0.4) is 0 Å². The van der Waals surface area contributed by atoms with Crippen molar-refractivity contribution in [2.45, 2.75) is 57.5 Å². The lowest BCUT2D eigenvalue weighted by Gasteiger charge is -2.28. The van der Waals surface area contributed by atoms with E-state index in [1.165, 1.54) is 69.3 Å². The van der Waals surface area contributed by atoms with E-state index >= 15 is 0 Å². The van der Waals surface area contributed by atoms with E-state index in [4.69, 9.17) is 0 Å². The summed E-state index contributed by atoms with van der Waals surface area (Å²) in [7, 11) is 0. The largest absolute Gasteiger partial charge is 0.370 e. The highest BCUT2D eigenvalue weighted by Crippen LogP contribution is 2.24. The van der Waals surface area contributed by atoms with E-state index in [0.717, 1.165) is 12.6 Å². The van der Waals surface area contributed by atoms with Crippen molar-refractivity contribution < 1.29 is 0 Å². The highest BCUT2D eigenvalue weighted by molar-refractivity contribution is 5.51. The number of pyridine rings is 1. The molecule has 3 rings (SSSR count). The molecule has 0 bridgehead atoms. The van der Waals surface area contributed by atoms with Crippen LogP contribution in [-0.2, 0) is 6.54 Å². The minimum atomic E-state index is 0.772. The van der Waals surface area contributed by atoms with E-state index in [1.807, 2.05) is 6.20 Å². The van der Waals surface area contributed by atoms with Gasteiger partial charge in [-0.05, 0) is 37.3 Å². The third-order valence-electron chi connectivity index (χ3n) is 4.24. The van der Waals surface area contributed by atoms with Gasteiger partial charge < -0.3 is 10.2 Å². The number of nitrogens with one attached hydrogen (secondary N) is 1. The quantitative estimate of drug-likeness (QED) is 0.900. The first-order valence-electron chi connectivity index (χ1n) is 7.85. The van der Waals surface area contributed by atoms with Crippen LogP contribution in [0.25, 0.3) is 0 Å². The Balaban J connectivity index is 1.69. The molecule has 0 aromatic carbocycles. The smallest absolute Gasteiger partial charge is 0.0598 e. The van der Waals surface area contributed by atoms with E-state index in [9.17, 15) is 0 Å². The van der Waals surface area contributed by atoms with Gasteiger partial charge in [0.1, 0.15) is 0 Å². The van der Waals surface area contributed by atoms with Crippen molar-refractivity contribution in [1.82, 2.24) is 10.3 Å². The van der Waals surface area contributed by atoms with Gasteiger partial charge in [0.2, 0.25) is 0 Å². The Morgan fingerprint density at radius 3 is 2.58 bits per heavy atom. The molecular weight excluding hydrogens is 234 g/mol. The van der Waals surface area contributed by atoms with Crippen LogP contribution in [-0.4, -0.2) is 24.1 Å². The molecule has 0 atom stereocenters. The molecule has 0 unspecified atom stereocenters. The van der Waals surface area contributed by atoms with Crippen LogP contribution in [0, 0.1) is 0 Å². The summed E-state index contributed by atoms with van der Waals surface area (Å²) < 4.78 is 0. The molecule has 1 saturated carbocycles. The van der Waals surface area contributed by atoms with Crippen LogP contribution < -0.4 is 10.2 Å². The second kappa shape index (κ2) is 6.38. The van der Waals surface area contributed by atoms with Crippen LogP contribution in [0.15, 0.2) is 18.5 Å². The van der Waals surface area contributed by atoms with Crippen molar-refractivity contribution in [2.75, 3.05) is 18.0 Å². The van der Waals surface area contributed by atoms with Gasteiger partial charge in [-0.25, -0.2) is 0 Å². The summed E-state index contributed by atoms with van der Waals surface area (Å²) in [5.41, 5.74) is 2.78. The van der Waals surface area contributed by atoms with Gasteiger partial charge in [-0.15, -0.1) is 0 Å². The van der Waals surface area contributed by atoms with Gasteiger partial charge in [0.05, 0.1) is 11.9 Å². The third kappa shape index (κ3) is 3.69. The molecule has 0 amide bonds. The molecule has 2 heterocycles. The fourth-order valence-corrected chi connectivity index (χ4v) is 2.88. The first kappa shape index (κ1) is 12.9. The zero-order valence-electron chi connectivity index (χ0n) is 11.8. The number of hydrogen-bond donors (Lipinski definition) is 1. The molecule has 1 aliphatic carbocycles. The Morgan fingerprint density at radius 1 is 1.11 bits per heavy atom. The lowest BCUT2D eigenvalue weighted by atomic mass is 10.1. The molecule has 0 radical (unpaired) electrons. The Labute approximate surface area is 116 Å². The van der Waals surface area contributed by atoms with Crippen molar-refractivity contribution >= 4 is 5.69 Å². The molecule has 3 heteroatoms. The molecule has 2 aliphatic rings. The Kier molecular flexibility index (Phi) is 4.34. The average molecular weight is 259 g/mol. The van der Waals surface area contributed by atoms with Gasteiger partial charge >= 0.3 is 0 Å². The van der Waals surface area contributed by atoms with Gasteiger partial charge in [-0.1, -0.05) is 19.3 Å². The third-order valence-corrected chi connectivity index (χ3v) is 4.24. The zero-order valence-corrected chi connectivity index (χ0v) is 11.8. The molecule has 19 heavy (non-hydrogen) atoms. The second-order valence-electron chi connectivity index (χ2n) is 5.91. The average Bonchev–Trinajstić information content (AvgIpc) is 3.21. The number of aromatic nitrogens is 1. The van der Waals surface area contributed by atoms with Crippen molar-refractivity contribution in [2.24, 2.45) is 0 Å². The Morgan fingerprint density at radius 2 is 1.84 bits per heavy atom. The predicted molar refractivity (Wildman–Crippen MR) is 79.4 cm³/mol. The molecule has 2 fully saturated rings. The van der Waals surface area contributed by atoms with Crippen LogP contribution in [0.1, 0.15) is 50.5 Å². The van der Waals surface area contributed by atoms with Gasteiger partial charge in [-0.3, -0.25) is 4.98 Å². The fraction of sp³-hybridized carbons (Fsp3) is 0.688. The van der Waals surface area contributed by atoms with E-state index < -0.39 is 0 Å². The van der Waals surface area contributed by atoms with Crippen LogP contribution in [0.4, 0.5) is 5.69 Å². The highest BCUT2D eigenvalue weighted by Gasteiger charge is 2.21. The molecular formula is C16H25N3. The molecule has 104 valence electrons. The maximum atomic E-state index is 4.35. The van der Waals surface area contributed by atoms with Gasteiger partial charge in [0.25, 0.3) is 0 Å². The monoisotopic (exact) mass is 259 g/mol. The van der Waals surface area contributed by atoms with Crippen LogP contribution >= 0.6 is 0 Å². The molecule has 3 nitrogen and oxygen atoms in total. The summed E-state index contributed by atoms with van der Waals surface area (Å²) >= 11 is 0. The van der Waals surface area contributed by atoms with Crippen molar-refractivity contribution in [3.63, 3.8) is 0 Å². The van der Waals surface area contributed by atoms with E-state index in [-0.39, 0.29) is 0 Å². The van der Waals surface area contributed by atoms with Crippen LogP contribution in [0.2, 0.25) is 0 Å². The van der Waals surface area contributed by atoms with E-state index in [2.05, 4.69) is 27.5 Å². The molecule has 0 spiro atoms. The summed E-state index contributed by atoms with van der Waals surface area (Å²) in [5.74, 6) is 0. The summed E-state index contributed by atoms with van der Waals surface area (Å²) in [6.45, 7) is 3.39. The number of rotatable bonds is 4. The minimum absolute atomic E-state index is 0.772. The molecule has 1 saturated heterocycles. The standard InChI is InChI=1S/C16H25N3/c1-2-4-10-19(11-5-3-1)16-13-17-9-8-14(16)12-18-15-6-7-15/h8-9,13,15,18H,1-7,10-12H2. The summed E-state index contributed by atoms with van der Waals surface area (Å²) in [6, 6.07) is 2.96. The van der Waals surface area contributed by atoms with Crippen molar-refractivity contribution in [3.8, 4) is 0 Å². The normalized spacial score (nSPS) is 20.9. The molecule has 1 N–H and O–H groups in total. The highest BCUT2D eigenvalue weighted by atomic mass is 15.1. The van der Waals surface area contributed by atoms with Gasteiger partial charge in [0.15, 0.2) is 0 Å². The van der Waals surface area contributed by atoms with Crippen LogP contribution in [0.5, 0.6) is 0 Å². The summed E-state index contributed by atoms with van der Waals surface area (Å²) in [5, 5.41) is 3.63. The first-order chi connectivity index (χ1) is 9.43. The molecule has 1 aromatic rings. The molecule has 1 aromatic heterocycles. The summed E-state index contributed by atoms with van der Waals surface area (Å²) in [4.78, 5) is 6.90. The maximum Gasteiger partial charge on any atom is 0.0598 e. The Hall–Kier alpha value is -1.09. The van der Waals surface area contributed by atoms with Crippen molar-refractivity contribution in [3.05, 3.63) is 24.0 Å². The molecule has 1 aliphatic heterocycles. The summed E-state index contributed by atoms with van der Waals surface area (Å²) in [6.07, 6.45) is 13.5. The van der Waals surface area contributed by atoms with Gasteiger partial charge in [0, 0.05) is 31.9 Å². The van der Waals surface area contributed by atoms with E-state index in [1.54, 1.807) is 0 Å². The SMILES string of the molecule is c1cc(CNC2CC2)c(N2CCCCCCC2)cn1. The lowest BCUT2D eigenvalue weighted by Crippen LogP contribution is -2.29. The first-order valence-corrected chi connectivity index (χ1v) is 7.85. The zero-order chi connectivity index (χ0) is 12.9. The van der Waals surface area contributed by atoms with E-state index in [0.29, 0.717) is 0 Å².